The Morgan fingerprint density at radius 1 is 1.10 bits per heavy atom. The molecule has 0 spiro atoms. The highest BCUT2D eigenvalue weighted by Gasteiger charge is 2.24. The number of rotatable bonds is 6. The van der Waals surface area contributed by atoms with E-state index in [1.807, 2.05) is 46.8 Å². The third-order valence-electron chi connectivity index (χ3n) is 4.98. The molecule has 1 amide bonds. The van der Waals surface area contributed by atoms with Crippen LogP contribution in [0.25, 0.3) is 0 Å². The third kappa shape index (κ3) is 4.74. The maximum atomic E-state index is 13.2. The van der Waals surface area contributed by atoms with Crippen molar-refractivity contribution < 1.29 is 9.53 Å². The van der Waals surface area contributed by atoms with Gasteiger partial charge in [-0.3, -0.25) is 4.79 Å². The van der Waals surface area contributed by atoms with Crippen LogP contribution in [-0.2, 0) is 5.75 Å². The first kappa shape index (κ1) is 19.8. The molecule has 150 valence electrons. The van der Waals surface area contributed by atoms with E-state index in [0.29, 0.717) is 0 Å². The first-order valence-electron chi connectivity index (χ1n) is 9.52. The van der Waals surface area contributed by atoms with Crippen LogP contribution in [0, 0.1) is 0 Å². The lowest BCUT2D eigenvalue weighted by Crippen LogP contribution is -2.48. The van der Waals surface area contributed by atoms with Crippen LogP contribution >= 0.6 is 23.1 Å². The lowest BCUT2D eigenvalue weighted by molar-refractivity contribution is 0.0743. The summed E-state index contributed by atoms with van der Waals surface area (Å²) in [7, 11) is 1.67. The number of anilines is 1. The van der Waals surface area contributed by atoms with E-state index in [2.05, 4.69) is 27.4 Å². The quantitative estimate of drug-likeness (QED) is 0.548. The fourth-order valence-corrected chi connectivity index (χ4v) is 4.97. The topological polar surface area (TPSA) is 45.7 Å². The molecule has 1 aliphatic heterocycles. The Bertz CT molecular complexity index is 937. The summed E-state index contributed by atoms with van der Waals surface area (Å²) in [6.07, 6.45) is 0. The van der Waals surface area contributed by atoms with Crippen LogP contribution in [0.5, 0.6) is 5.75 Å². The maximum absolute atomic E-state index is 13.2. The van der Waals surface area contributed by atoms with E-state index >= 15 is 0 Å². The van der Waals surface area contributed by atoms with Crippen LogP contribution in [0.15, 0.2) is 64.3 Å². The van der Waals surface area contributed by atoms with E-state index in [9.17, 15) is 4.79 Å². The van der Waals surface area contributed by atoms with Gasteiger partial charge in [0.1, 0.15) is 5.75 Å². The molecule has 0 aliphatic carbocycles. The molecule has 0 N–H and O–H groups in total. The summed E-state index contributed by atoms with van der Waals surface area (Å²) in [5.74, 6) is 1.74. The molecule has 2 aromatic carbocycles. The van der Waals surface area contributed by atoms with E-state index in [4.69, 9.17) is 4.74 Å². The number of nitrogens with zero attached hydrogens (tertiary/aromatic N) is 3. The molecule has 1 saturated heterocycles. The van der Waals surface area contributed by atoms with Crippen LogP contribution in [-0.4, -0.2) is 49.1 Å². The van der Waals surface area contributed by atoms with Crippen molar-refractivity contribution >= 4 is 34.7 Å². The molecule has 0 bridgehead atoms. The summed E-state index contributed by atoms with van der Waals surface area (Å²) in [5, 5.41) is 2.05. The van der Waals surface area contributed by atoms with Gasteiger partial charge in [-0.2, -0.15) is 0 Å². The summed E-state index contributed by atoms with van der Waals surface area (Å²) in [5.41, 5.74) is 4.84. The highest BCUT2D eigenvalue weighted by Crippen LogP contribution is 2.28. The number of methoxy groups -OCH3 is 1. The number of hydrogen-bond acceptors (Lipinski definition) is 6. The van der Waals surface area contributed by atoms with Gasteiger partial charge in [-0.1, -0.05) is 12.1 Å². The SMILES string of the molecule is COc1ccc(N2CCN(C(=O)c3ccccc3SCc3cscn3)CC2)cc1. The Labute approximate surface area is 179 Å². The summed E-state index contributed by atoms with van der Waals surface area (Å²) < 4.78 is 5.23. The van der Waals surface area contributed by atoms with Crippen LogP contribution in [0.4, 0.5) is 5.69 Å². The molecule has 29 heavy (non-hydrogen) atoms. The van der Waals surface area contributed by atoms with Crippen molar-refractivity contribution in [3.05, 3.63) is 70.7 Å². The van der Waals surface area contributed by atoms with Crippen molar-refractivity contribution in [3.8, 4) is 5.75 Å². The van der Waals surface area contributed by atoms with Gasteiger partial charge in [-0.05, 0) is 36.4 Å². The molecule has 5 nitrogen and oxygen atoms in total. The minimum absolute atomic E-state index is 0.112. The largest absolute Gasteiger partial charge is 0.497 e. The van der Waals surface area contributed by atoms with Gasteiger partial charge in [-0.25, -0.2) is 4.98 Å². The number of benzene rings is 2. The monoisotopic (exact) mass is 425 g/mol. The summed E-state index contributed by atoms with van der Waals surface area (Å²) in [4.78, 5) is 22.8. The van der Waals surface area contributed by atoms with Gasteiger partial charge in [-0.15, -0.1) is 23.1 Å². The van der Waals surface area contributed by atoms with Crippen molar-refractivity contribution in [1.29, 1.82) is 0 Å². The van der Waals surface area contributed by atoms with Gasteiger partial charge in [0.25, 0.3) is 5.91 Å². The van der Waals surface area contributed by atoms with Crippen LogP contribution in [0.2, 0.25) is 0 Å². The number of thioether (sulfide) groups is 1. The Kier molecular flexibility index (Phi) is 6.36. The molecule has 0 saturated carbocycles. The summed E-state index contributed by atoms with van der Waals surface area (Å²) in [6.45, 7) is 3.09. The predicted molar refractivity (Wildman–Crippen MR) is 119 cm³/mol. The lowest BCUT2D eigenvalue weighted by Gasteiger charge is -2.36. The van der Waals surface area contributed by atoms with Crippen molar-refractivity contribution in [2.75, 3.05) is 38.2 Å². The number of hydrogen-bond donors (Lipinski definition) is 0. The van der Waals surface area contributed by atoms with Crippen LogP contribution < -0.4 is 9.64 Å². The van der Waals surface area contributed by atoms with E-state index < -0.39 is 0 Å². The van der Waals surface area contributed by atoms with Gasteiger partial charge in [0.15, 0.2) is 0 Å². The standard InChI is InChI=1S/C22H23N3O2S2/c1-27-19-8-6-18(7-9-19)24-10-12-25(13-11-24)22(26)20-4-2-3-5-21(20)29-15-17-14-28-16-23-17/h2-9,14,16H,10-13,15H2,1H3. The van der Waals surface area contributed by atoms with Crippen molar-refractivity contribution in [3.63, 3.8) is 0 Å². The van der Waals surface area contributed by atoms with Crippen molar-refractivity contribution in [1.82, 2.24) is 9.88 Å². The predicted octanol–water partition coefficient (Wildman–Crippen LogP) is 4.41. The van der Waals surface area contributed by atoms with Gasteiger partial charge in [0.05, 0.1) is 23.9 Å². The van der Waals surface area contributed by atoms with Gasteiger partial charge in [0.2, 0.25) is 0 Å². The lowest BCUT2D eigenvalue weighted by atomic mass is 10.1. The molecule has 0 atom stereocenters. The molecule has 1 aliphatic rings. The molecule has 0 unspecified atom stereocenters. The molecular formula is C22H23N3O2S2. The highest BCUT2D eigenvalue weighted by molar-refractivity contribution is 7.98. The van der Waals surface area contributed by atoms with Gasteiger partial charge >= 0.3 is 0 Å². The maximum Gasteiger partial charge on any atom is 0.255 e. The zero-order valence-corrected chi connectivity index (χ0v) is 17.9. The Morgan fingerprint density at radius 2 is 1.86 bits per heavy atom. The van der Waals surface area contributed by atoms with Crippen LogP contribution in [0.3, 0.4) is 0 Å². The fourth-order valence-electron chi connectivity index (χ4n) is 3.36. The fraction of sp³-hybridized carbons (Fsp3) is 0.273. The summed E-state index contributed by atoms with van der Waals surface area (Å²) >= 11 is 3.27. The highest BCUT2D eigenvalue weighted by atomic mass is 32.2. The van der Waals surface area contributed by atoms with E-state index in [0.717, 1.165) is 59.5 Å². The molecule has 4 rings (SSSR count). The average Bonchev–Trinajstić information content (AvgIpc) is 3.31. The van der Waals surface area contributed by atoms with E-state index in [1.165, 1.54) is 0 Å². The number of amides is 1. The number of aromatic nitrogens is 1. The normalized spacial score (nSPS) is 14.1. The second-order valence-electron chi connectivity index (χ2n) is 6.74. The van der Waals surface area contributed by atoms with Crippen molar-refractivity contribution in [2.45, 2.75) is 10.6 Å². The average molecular weight is 426 g/mol. The molecule has 7 heteroatoms. The molecule has 3 aromatic rings. The Balaban J connectivity index is 1.39. The van der Waals surface area contributed by atoms with Crippen molar-refractivity contribution in [2.24, 2.45) is 0 Å². The molecule has 1 fully saturated rings. The first-order valence-corrected chi connectivity index (χ1v) is 11.4. The molecule has 0 radical (unpaired) electrons. The zero-order chi connectivity index (χ0) is 20.1. The number of piperazine rings is 1. The minimum atomic E-state index is 0.112. The second-order valence-corrected chi connectivity index (χ2v) is 8.48. The minimum Gasteiger partial charge on any atom is -0.497 e. The number of carbonyl (C=O) groups excluding carboxylic acids is 1. The second kappa shape index (κ2) is 9.33. The number of thiazole rings is 1. The van der Waals surface area contributed by atoms with Crippen LogP contribution in [0.1, 0.15) is 16.1 Å². The number of ether oxygens (including phenoxy) is 1. The van der Waals surface area contributed by atoms with E-state index in [1.54, 1.807) is 30.2 Å². The molecular weight excluding hydrogens is 402 g/mol. The zero-order valence-electron chi connectivity index (χ0n) is 16.3. The van der Waals surface area contributed by atoms with Gasteiger partial charge in [0, 0.05) is 47.9 Å². The Morgan fingerprint density at radius 3 is 2.55 bits per heavy atom. The first-order chi connectivity index (χ1) is 14.2. The van der Waals surface area contributed by atoms with E-state index in [-0.39, 0.29) is 5.91 Å². The number of carbonyl (C=O) groups is 1. The summed E-state index contributed by atoms with van der Waals surface area (Å²) in [6, 6.07) is 16.0. The van der Waals surface area contributed by atoms with Gasteiger partial charge < -0.3 is 14.5 Å². The smallest absolute Gasteiger partial charge is 0.255 e. The molecule has 2 heterocycles. The third-order valence-corrected chi connectivity index (χ3v) is 6.72. The Hall–Kier alpha value is -2.51. The molecule has 1 aromatic heterocycles.